The number of benzene rings is 5. The van der Waals surface area contributed by atoms with Gasteiger partial charge in [-0.05, 0) is 42.0 Å². The van der Waals surface area contributed by atoms with Crippen molar-refractivity contribution < 1.29 is 0 Å². The Labute approximate surface area is 194 Å². The molecule has 0 fully saturated rings. The smallest absolute Gasteiger partial charge is 0.148 e. The van der Waals surface area contributed by atoms with Crippen LogP contribution in [0.15, 0.2) is 91.0 Å². The zero-order chi connectivity index (χ0) is 21.9. The second kappa shape index (κ2) is 6.95. The summed E-state index contributed by atoms with van der Waals surface area (Å²) in [5.41, 5.74) is 7.20. The highest BCUT2D eigenvalue weighted by Crippen LogP contribution is 2.40. The third kappa shape index (κ3) is 2.66. The highest BCUT2D eigenvalue weighted by atomic mass is 32.1. The van der Waals surface area contributed by atoms with Gasteiger partial charge < -0.3 is 0 Å². The molecule has 0 aliphatic carbocycles. The van der Waals surface area contributed by atoms with Crippen molar-refractivity contribution in [3.05, 3.63) is 96.6 Å². The van der Waals surface area contributed by atoms with Crippen molar-refractivity contribution in [1.82, 2.24) is 18.3 Å². The highest BCUT2D eigenvalue weighted by molar-refractivity contribution is 7.00. The minimum absolute atomic E-state index is 0.883. The summed E-state index contributed by atoms with van der Waals surface area (Å²) in [6, 6.07) is 31.9. The van der Waals surface area contributed by atoms with Gasteiger partial charge in [-0.25, -0.2) is 4.98 Å². The fraction of sp³-hybridized carbons (Fsp3) is 0.0357. The molecule has 0 aliphatic heterocycles. The molecule has 0 radical (unpaired) electrons. The number of fused-ring (bicyclic) bond motifs is 7. The highest BCUT2D eigenvalue weighted by Gasteiger charge is 2.21. The van der Waals surface area contributed by atoms with E-state index >= 15 is 0 Å². The van der Waals surface area contributed by atoms with Crippen LogP contribution in [-0.4, -0.2) is 18.3 Å². The van der Waals surface area contributed by atoms with Crippen molar-refractivity contribution >= 4 is 55.3 Å². The van der Waals surface area contributed by atoms with Crippen LogP contribution in [0.3, 0.4) is 0 Å². The Kier molecular flexibility index (Phi) is 3.89. The zero-order valence-corrected chi connectivity index (χ0v) is 18.7. The quantitative estimate of drug-likeness (QED) is 0.264. The van der Waals surface area contributed by atoms with Gasteiger partial charge in [-0.1, -0.05) is 72.3 Å². The molecule has 0 atom stereocenters. The van der Waals surface area contributed by atoms with Gasteiger partial charge in [0.1, 0.15) is 16.9 Å². The molecule has 4 nitrogen and oxygen atoms in total. The Balaban J connectivity index is 1.74. The van der Waals surface area contributed by atoms with Crippen LogP contribution < -0.4 is 0 Å². The monoisotopic (exact) mass is 442 g/mol. The number of rotatable bonds is 2. The van der Waals surface area contributed by atoms with E-state index in [2.05, 4.69) is 99.1 Å². The lowest BCUT2D eigenvalue weighted by Crippen LogP contribution is -1.99. The molecular weight excluding hydrogens is 424 g/mol. The van der Waals surface area contributed by atoms with E-state index in [4.69, 9.17) is 4.98 Å². The maximum atomic E-state index is 5.29. The lowest BCUT2D eigenvalue weighted by atomic mass is 10.00. The van der Waals surface area contributed by atoms with Crippen molar-refractivity contribution in [2.75, 3.05) is 0 Å². The minimum atomic E-state index is 0.883. The number of imidazole rings is 1. The van der Waals surface area contributed by atoms with E-state index in [1.165, 1.54) is 33.5 Å². The third-order valence-electron chi connectivity index (χ3n) is 6.35. The van der Waals surface area contributed by atoms with E-state index in [0.717, 1.165) is 44.5 Å². The minimum Gasteiger partial charge on any atom is -0.292 e. The predicted octanol–water partition coefficient (Wildman–Crippen LogP) is 7.31. The molecule has 0 aliphatic rings. The fourth-order valence-electron chi connectivity index (χ4n) is 4.82. The Bertz CT molecular complexity index is 1830. The summed E-state index contributed by atoms with van der Waals surface area (Å²) in [5.74, 6) is 0.883. The van der Waals surface area contributed by atoms with Crippen LogP contribution in [0.25, 0.3) is 60.7 Å². The van der Waals surface area contributed by atoms with Gasteiger partial charge in [0.15, 0.2) is 0 Å². The second-order valence-electron chi connectivity index (χ2n) is 8.33. The van der Waals surface area contributed by atoms with Crippen LogP contribution in [-0.2, 0) is 0 Å². The van der Waals surface area contributed by atoms with E-state index in [9.17, 15) is 0 Å². The van der Waals surface area contributed by atoms with E-state index in [1.807, 2.05) is 12.1 Å². The van der Waals surface area contributed by atoms with E-state index in [-0.39, 0.29) is 0 Å². The predicted molar refractivity (Wildman–Crippen MR) is 137 cm³/mol. The number of nitrogens with zero attached hydrogens (tertiary/aromatic N) is 4. The number of hydrogen-bond donors (Lipinski definition) is 0. The molecule has 0 spiro atoms. The molecule has 7 rings (SSSR count). The maximum absolute atomic E-state index is 5.29. The van der Waals surface area contributed by atoms with Gasteiger partial charge in [0, 0.05) is 22.0 Å². The summed E-state index contributed by atoms with van der Waals surface area (Å²) in [4.78, 5) is 5.29. The first-order valence-electron chi connectivity index (χ1n) is 10.9. The summed E-state index contributed by atoms with van der Waals surface area (Å²) in [5, 5.41) is 4.79. The topological polar surface area (TPSA) is 43.6 Å². The van der Waals surface area contributed by atoms with Crippen LogP contribution in [0, 0.1) is 6.92 Å². The standard InChI is InChI=1S/C28H18N4S/c1-17-13-15-18(16-14-17)32-27-22-10-5-3-8-20(22)19-7-2-4-9-21(19)26(27)29-28(32)23-11-6-12-24-25(23)31-33-30-24/h2-16H,1H3. The molecule has 5 heteroatoms. The first-order valence-corrected chi connectivity index (χ1v) is 11.6. The van der Waals surface area contributed by atoms with Crippen LogP contribution in [0.4, 0.5) is 0 Å². The molecule has 0 amide bonds. The van der Waals surface area contributed by atoms with Crippen LogP contribution in [0.1, 0.15) is 5.56 Å². The summed E-state index contributed by atoms with van der Waals surface area (Å²) in [6.45, 7) is 2.11. The Hall–Kier alpha value is -4.09. The van der Waals surface area contributed by atoms with Gasteiger partial charge in [-0.15, -0.1) is 0 Å². The molecule has 0 saturated carbocycles. The molecule has 0 unspecified atom stereocenters. The molecule has 33 heavy (non-hydrogen) atoms. The lowest BCUT2D eigenvalue weighted by Gasteiger charge is -2.13. The van der Waals surface area contributed by atoms with Gasteiger partial charge in [0.2, 0.25) is 0 Å². The Morgan fingerprint density at radius 1 is 0.636 bits per heavy atom. The van der Waals surface area contributed by atoms with Gasteiger partial charge in [0.25, 0.3) is 0 Å². The van der Waals surface area contributed by atoms with Crippen LogP contribution in [0.5, 0.6) is 0 Å². The average molecular weight is 443 g/mol. The van der Waals surface area contributed by atoms with Crippen molar-refractivity contribution in [3.63, 3.8) is 0 Å². The second-order valence-corrected chi connectivity index (χ2v) is 8.86. The Morgan fingerprint density at radius 2 is 1.33 bits per heavy atom. The normalized spacial score (nSPS) is 11.8. The van der Waals surface area contributed by atoms with Crippen molar-refractivity contribution in [1.29, 1.82) is 0 Å². The van der Waals surface area contributed by atoms with Crippen molar-refractivity contribution in [2.24, 2.45) is 0 Å². The zero-order valence-electron chi connectivity index (χ0n) is 17.9. The summed E-state index contributed by atoms with van der Waals surface area (Å²) < 4.78 is 11.4. The first-order chi connectivity index (χ1) is 16.3. The van der Waals surface area contributed by atoms with E-state index < -0.39 is 0 Å². The van der Waals surface area contributed by atoms with Gasteiger partial charge in [0.05, 0.1) is 22.8 Å². The molecule has 0 saturated heterocycles. The average Bonchev–Trinajstić information content (AvgIpc) is 3.50. The van der Waals surface area contributed by atoms with Crippen molar-refractivity contribution in [2.45, 2.75) is 6.92 Å². The van der Waals surface area contributed by atoms with E-state index in [1.54, 1.807) is 0 Å². The molecule has 7 aromatic rings. The fourth-order valence-corrected chi connectivity index (χ4v) is 5.37. The number of aryl methyl sites for hydroxylation is 1. The van der Waals surface area contributed by atoms with Gasteiger partial charge in [-0.3, -0.25) is 4.57 Å². The maximum Gasteiger partial charge on any atom is 0.148 e. The van der Waals surface area contributed by atoms with E-state index in [0.29, 0.717) is 0 Å². The molecule has 0 bridgehead atoms. The van der Waals surface area contributed by atoms with Crippen LogP contribution >= 0.6 is 11.7 Å². The third-order valence-corrected chi connectivity index (χ3v) is 6.89. The van der Waals surface area contributed by atoms with Crippen LogP contribution in [0.2, 0.25) is 0 Å². The lowest BCUT2D eigenvalue weighted by molar-refractivity contribution is 1.11. The number of aromatic nitrogens is 4. The van der Waals surface area contributed by atoms with Crippen molar-refractivity contribution in [3.8, 4) is 17.1 Å². The summed E-state index contributed by atoms with van der Waals surface area (Å²) >= 11 is 1.24. The molecule has 156 valence electrons. The molecule has 2 heterocycles. The SMILES string of the molecule is Cc1ccc(-n2c(-c3cccc4nsnc34)nc3c4ccccc4c4ccccc4c32)cc1. The molecular formula is C28H18N4S. The Morgan fingerprint density at radius 3 is 2.12 bits per heavy atom. The largest absolute Gasteiger partial charge is 0.292 e. The molecule has 5 aromatic carbocycles. The molecule has 0 N–H and O–H groups in total. The summed E-state index contributed by atoms with van der Waals surface area (Å²) in [7, 11) is 0. The first kappa shape index (κ1) is 18.5. The van der Waals surface area contributed by atoms with Gasteiger partial charge in [-0.2, -0.15) is 8.75 Å². The number of hydrogen-bond acceptors (Lipinski definition) is 4. The van der Waals surface area contributed by atoms with Gasteiger partial charge >= 0.3 is 0 Å². The summed E-state index contributed by atoms with van der Waals surface area (Å²) in [6.07, 6.45) is 0. The molecule has 2 aromatic heterocycles.